The normalized spacial score (nSPS) is 15.9. The number of aliphatic hydroxyl groups is 1. The van der Waals surface area contributed by atoms with Gasteiger partial charge in [-0.2, -0.15) is 9.61 Å². The molecule has 2 aromatic heterocycles. The lowest BCUT2D eigenvalue weighted by atomic mass is 9.71. The van der Waals surface area contributed by atoms with Gasteiger partial charge in [-0.3, -0.25) is 9.69 Å². The summed E-state index contributed by atoms with van der Waals surface area (Å²) in [4.78, 5) is 22.6. The van der Waals surface area contributed by atoms with Gasteiger partial charge in [0.1, 0.15) is 5.82 Å². The minimum Gasteiger partial charge on any atom is -0.395 e. The molecule has 8 nitrogen and oxygen atoms in total. The lowest BCUT2D eigenvalue weighted by molar-refractivity contribution is -0.121. The molecule has 1 aliphatic carbocycles. The Morgan fingerprint density at radius 2 is 1.68 bits per heavy atom. The molecule has 1 fully saturated rings. The number of benzene rings is 2. The van der Waals surface area contributed by atoms with Crippen LogP contribution in [0.25, 0.3) is 28.0 Å². The average molecular weight is 635 g/mol. The number of hydrogen-bond acceptors (Lipinski definition) is 6. The fraction of sp³-hybridized carbons (Fsp3) is 0.462. The van der Waals surface area contributed by atoms with Gasteiger partial charge in [0.25, 0.3) is 0 Å². The SMILES string of the molecule is Cc1nn2c(N3CCN(CCO)CC3)cc(-c3cccc(C(C)(C)CC(C)(C)CNC(=O)CC4=CCC4)c3)nc2c1-c1ccccc1. The quantitative estimate of drug-likeness (QED) is 0.175. The number of allylic oxidation sites excluding steroid dienone is 1. The second-order valence-corrected chi connectivity index (χ2v) is 14.8. The summed E-state index contributed by atoms with van der Waals surface area (Å²) in [6, 6.07) is 21.4. The van der Waals surface area contributed by atoms with Crippen molar-refractivity contribution in [2.45, 2.75) is 65.7 Å². The maximum absolute atomic E-state index is 12.5. The molecule has 2 aromatic carbocycles. The first-order valence-electron chi connectivity index (χ1n) is 17.1. The lowest BCUT2D eigenvalue weighted by Gasteiger charge is -2.36. The second kappa shape index (κ2) is 13.6. The number of piperazine rings is 1. The number of aromatic nitrogens is 3. The van der Waals surface area contributed by atoms with Gasteiger partial charge >= 0.3 is 0 Å². The molecule has 6 rings (SSSR count). The maximum Gasteiger partial charge on any atom is 0.224 e. The van der Waals surface area contributed by atoms with Gasteiger partial charge in [-0.1, -0.05) is 87.9 Å². The zero-order chi connectivity index (χ0) is 33.2. The summed E-state index contributed by atoms with van der Waals surface area (Å²) in [6.45, 7) is 16.2. The van der Waals surface area contributed by atoms with Gasteiger partial charge in [-0.25, -0.2) is 4.98 Å². The third-order valence-corrected chi connectivity index (χ3v) is 9.83. The van der Waals surface area contributed by atoms with Gasteiger partial charge in [0.15, 0.2) is 5.65 Å². The van der Waals surface area contributed by atoms with Crippen molar-refractivity contribution < 1.29 is 9.90 Å². The summed E-state index contributed by atoms with van der Waals surface area (Å²) < 4.78 is 2.02. The predicted octanol–water partition coefficient (Wildman–Crippen LogP) is 6.41. The van der Waals surface area contributed by atoms with Crippen LogP contribution in [0.4, 0.5) is 5.82 Å². The minimum atomic E-state index is -0.126. The first kappa shape index (κ1) is 32.9. The molecular weight excluding hydrogens is 584 g/mol. The Hall–Kier alpha value is -4.01. The van der Waals surface area contributed by atoms with E-state index in [4.69, 9.17) is 10.1 Å². The number of carbonyl (C=O) groups excluding carboxylic acids is 1. The fourth-order valence-electron chi connectivity index (χ4n) is 7.34. The summed E-state index contributed by atoms with van der Waals surface area (Å²) >= 11 is 0. The van der Waals surface area contributed by atoms with Gasteiger partial charge in [-0.15, -0.1) is 0 Å². The zero-order valence-corrected chi connectivity index (χ0v) is 28.7. The fourth-order valence-corrected chi connectivity index (χ4v) is 7.34. The number of amides is 1. The van der Waals surface area contributed by atoms with Crippen LogP contribution in [-0.4, -0.2) is 76.4 Å². The van der Waals surface area contributed by atoms with E-state index in [1.54, 1.807) is 0 Å². The van der Waals surface area contributed by atoms with E-state index in [2.05, 4.69) is 110 Å². The highest BCUT2D eigenvalue weighted by Gasteiger charge is 2.31. The zero-order valence-electron chi connectivity index (χ0n) is 28.7. The van der Waals surface area contributed by atoms with E-state index >= 15 is 0 Å². The molecule has 1 saturated heterocycles. The number of hydrogen-bond donors (Lipinski definition) is 2. The Kier molecular flexibility index (Phi) is 9.53. The molecule has 0 saturated carbocycles. The highest BCUT2D eigenvalue weighted by Crippen LogP contribution is 2.39. The molecule has 4 aromatic rings. The number of aryl methyl sites for hydroxylation is 1. The molecule has 0 spiro atoms. The van der Waals surface area contributed by atoms with Crippen molar-refractivity contribution in [1.82, 2.24) is 24.8 Å². The molecule has 0 radical (unpaired) electrons. The second-order valence-electron chi connectivity index (χ2n) is 14.8. The van der Waals surface area contributed by atoms with Crippen LogP contribution in [0.3, 0.4) is 0 Å². The minimum absolute atomic E-state index is 0.0780. The van der Waals surface area contributed by atoms with E-state index in [1.165, 1.54) is 11.1 Å². The van der Waals surface area contributed by atoms with Gasteiger partial charge < -0.3 is 15.3 Å². The van der Waals surface area contributed by atoms with Crippen LogP contribution in [0.1, 0.15) is 64.6 Å². The molecule has 2 aliphatic rings. The topological polar surface area (TPSA) is 86.0 Å². The summed E-state index contributed by atoms with van der Waals surface area (Å²) in [7, 11) is 0. The van der Waals surface area contributed by atoms with Crippen molar-refractivity contribution >= 4 is 17.4 Å². The maximum atomic E-state index is 12.5. The molecule has 0 atom stereocenters. The van der Waals surface area contributed by atoms with Gasteiger partial charge in [-0.05, 0) is 54.2 Å². The van der Waals surface area contributed by atoms with Gasteiger partial charge in [0.05, 0.1) is 18.0 Å². The third-order valence-electron chi connectivity index (χ3n) is 9.83. The van der Waals surface area contributed by atoms with E-state index in [1.807, 2.05) is 10.6 Å². The van der Waals surface area contributed by atoms with Crippen molar-refractivity contribution in [3.05, 3.63) is 83.6 Å². The number of rotatable bonds is 12. The van der Waals surface area contributed by atoms with Crippen LogP contribution in [0.5, 0.6) is 0 Å². The smallest absolute Gasteiger partial charge is 0.224 e. The number of fused-ring (bicyclic) bond motifs is 1. The van der Waals surface area contributed by atoms with Gasteiger partial charge in [0.2, 0.25) is 5.91 Å². The number of nitrogens with zero attached hydrogens (tertiary/aromatic N) is 5. The molecule has 248 valence electrons. The van der Waals surface area contributed by atoms with Crippen LogP contribution in [0.15, 0.2) is 72.3 Å². The van der Waals surface area contributed by atoms with Crippen molar-refractivity contribution in [3.63, 3.8) is 0 Å². The van der Waals surface area contributed by atoms with E-state index in [0.29, 0.717) is 19.5 Å². The Bertz CT molecular complexity index is 1750. The Balaban J connectivity index is 1.32. The number of β-amino-alcohol motifs (C(OH)–C–C–N with tert-alkyl or cyclic N) is 1. The number of anilines is 1. The van der Waals surface area contributed by atoms with E-state index < -0.39 is 0 Å². The molecule has 2 N–H and O–H groups in total. The van der Waals surface area contributed by atoms with Crippen LogP contribution in [0, 0.1) is 12.3 Å². The van der Waals surface area contributed by atoms with Crippen molar-refractivity contribution in [2.24, 2.45) is 5.41 Å². The monoisotopic (exact) mass is 634 g/mol. The Morgan fingerprint density at radius 3 is 2.36 bits per heavy atom. The Morgan fingerprint density at radius 1 is 0.957 bits per heavy atom. The third kappa shape index (κ3) is 7.44. The summed E-state index contributed by atoms with van der Waals surface area (Å²) in [5.74, 6) is 1.17. The number of carbonyl (C=O) groups is 1. The standard InChI is InChI=1S/C39H50N6O2/c1-28-36(30-13-7-6-8-14-30)37-41-33(25-35(45(37)42-28)44-19-17-43(18-20-44)21-22-46)31-15-10-16-32(24-31)39(4,5)26-38(2,3)27-40-34(47)23-29-11-9-12-29/h6-8,10-11,13-16,24-25,46H,9,12,17-23,26-27H2,1-5H3,(H,40,47). The molecule has 0 unspecified atom stereocenters. The van der Waals surface area contributed by atoms with Gasteiger partial charge in [0, 0.05) is 62.9 Å². The highest BCUT2D eigenvalue weighted by molar-refractivity contribution is 5.83. The summed E-state index contributed by atoms with van der Waals surface area (Å²) in [5, 5.41) is 17.7. The van der Waals surface area contributed by atoms with Crippen molar-refractivity contribution in [2.75, 3.05) is 50.8 Å². The van der Waals surface area contributed by atoms with E-state index in [9.17, 15) is 9.90 Å². The lowest BCUT2D eigenvalue weighted by Crippen LogP contribution is -2.47. The predicted molar refractivity (Wildman–Crippen MR) is 191 cm³/mol. The molecule has 47 heavy (non-hydrogen) atoms. The van der Waals surface area contributed by atoms with Crippen LogP contribution in [0.2, 0.25) is 0 Å². The molecule has 8 heteroatoms. The molecule has 1 amide bonds. The summed E-state index contributed by atoms with van der Waals surface area (Å²) in [6.07, 6.45) is 5.78. The molecule has 3 heterocycles. The first-order chi connectivity index (χ1) is 22.5. The number of nitrogens with one attached hydrogen (secondary N) is 1. The van der Waals surface area contributed by atoms with E-state index in [-0.39, 0.29) is 23.3 Å². The molecule has 0 bridgehead atoms. The Labute approximate surface area is 279 Å². The first-order valence-corrected chi connectivity index (χ1v) is 17.1. The van der Waals surface area contributed by atoms with Crippen molar-refractivity contribution in [1.29, 1.82) is 0 Å². The highest BCUT2D eigenvalue weighted by atomic mass is 16.3. The molecular formula is C39H50N6O2. The average Bonchev–Trinajstić information content (AvgIpc) is 3.37. The van der Waals surface area contributed by atoms with Crippen molar-refractivity contribution in [3.8, 4) is 22.4 Å². The van der Waals surface area contributed by atoms with E-state index in [0.717, 1.165) is 85.0 Å². The van der Waals surface area contributed by atoms with Crippen LogP contribution < -0.4 is 10.2 Å². The largest absolute Gasteiger partial charge is 0.395 e. The molecule has 1 aliphatic heterocycles. The summed E-state index contributed by atoms with van der Waals surface area (Å²) in [5.41, 5.74) is 8.30. The van der Waals surface area contributed by atoms with Crippen LogP contribution >= 0.6 is 0 Å². The number of aliphatic hydroxyl groups excluding tert-OH is 1. The van der Waals surface area contributed by atoms with Crippen LogP contribution in [-0.2, 0) is 10.2 Å².